The third kappa shape index (κ3) is 4.71. The zero-order chi connectivity index (χ0) is 15.2. The van der Waals surface area contributed by atoms with E-state index in [1.54, 1.807) is 17.0 Å². The van der Waals surface area contributed by atoms with Gasteiger partial charge < -0.3 is 10.0 Å². The molecule has 0 saturated carbocycles. The minimum absolute atomic E-state index is 0.0871. The van der Waals surface area contributed by atoms with Crippen molar-refractivity contribution in [3.63, 3.8) is 0 Å². The predicted octanol–water partition coefficient (Wildman–Crippen LogP) is 3.64. The molecule has 6 heteroatoms. The number of carbonyl (C=O) groups excluding carboxylic acids is 1. The number of aliphatic hydroxyl groups is 1. The third-order valence-corrected chi connectivity index (χ3v) is 4.47. The molecule has 1 aromatic heterocycles. The summed E-state index contributed by atoms with van der Waals surface area (Å²) in [5.41, 5.74) is 0.996. The zero-order valence-electron chi connectivity index (χ0n) is 11.2. The minimum Gasteiger partial charge on any atom is -0.390 e. The Morgan fingerprint density at radius 3 is 2.52 bits per heavy atom. The molecule has 1 amide bonds. The van der Waals surface area contributed by atoms with Gasteiger partial charge in [-0.15, -0.1) is 22.9 Å². The molecule has 0 saturated heterocycles. The molecule has 0 aliphatic rings. The molecule has 112 valence electrons. The average molecular weight is 344 g/mol. The molecular weight excluding hydrogens is 329 g/mol. The van der Waals surface area contributed by atoms with Crippen LogP contribution in [0.5, 0.6) is 0 Å². The van der Waals surface area contributed by atoms with Crippen molar-refractivity contribution in [1.82, 2.24) is 4.90 Å². The minimum atomic E-state index is -0.755. The SMILES string of the molecule is O=C(c1ccc(Cl)s1)N(Cc1ccccc1)C[C@H](O)CCl. The fraction of sp³-hybridized carbons (Fsp3) is 0.267. The van der Waals surface area contributed by atoms with E-state index in [2.05, 4.69) is 0 Å². The number of thiophene rings is 1. The first kappa shape index (κ1) is 16.3. The molecule has 0 fully saturated rings. The van der Waals surface area contributed by atoms with Gasteiger partial charge in [0.1, 0.15) is 0 Å². The van der Waals surface area contributed by atoms with Gasteiger partial charge in [0.2, 0.25) is 0 Å². The summed E-state index contributed by atoms with van der Waals surface area (Å²) in [4.78, 5) is 14.7. The summed E-state index contributed by atoms with van der Waals surface area (Å²) in [6.45, 7) is 0.607. The first-order valence-corrected chi connectivity index (χ1v) is 8.15. The van der Waals surface area contributed by atoms with E-state index in [-0.39, 0.29) is 18.3 Å². The molecule has 0 bridgehead atoms. The van der Waals surface area contributed by atoms with Gasteiger partial charge in [-0.2, -0.15) is 0 Å². The predicted molar refractivity (Wildman–Crippen MR) is 87.2 cm³/mol. The number of amides is 1. The second-order valence-electron chi connectivity index (χ2n) is 4.58. The van der Waals surface area contributed by atoms with Gasteiger partial charge in [0.15, 0.2) is 0 Å². The summed E-state index contributed by atoms with van der Waals surface area (Å²) in [7, 11) is 0. The quantitative estimate of drug-likeness (QED) is 0.813. The van der Waals surface area contributed by atoms with E-state index in [1.807, 2.05) is 30.3 Å². The van der Waals surface area contributed by atoms with E-state index in [4.69, 9.17) is 23.2 Å². The molecule has 3 nitrogen and oxygen atoms in total. The monoisotopic (exact) mass is 343 g/mol. The lowest BCUT2D eigenvalue weighted by molar-refractivity contribution is 0.0639. The highest BCUT2D eigenvalue weighted by atomic mass is 35.5. The van der Waals surface area contributed by atoms with Crippen LogP contribution in [0, 0.1) is 0 Å². The van der Waals surface area contributed by atoms with Gasteiger partial charge in [-0.1, -0.05) is 41.9 Å². The standard InChI is InChI=1S/C15H15Cl2NO2S/c16-8-12(19)10-18(9-11-4-2-1-3-5-11)15(20)13-6-7-14(17)21-13/h1-7,12,19H,8-10H2/t12-/m1/s1. The molecule has 2 aromatic rings. The van der Waals surface area contributed by atoms with Crippen molar-refractivity contribution in [2.75, 3.05) is 12.4 Å². The van der Waals surface area contributed by atoms with Crippen LogP contribution < -0.4 is 0 Å². The van der Waals surface area contributed by atoms with Gasteiger partial charge in [-0.25, -0.2) is 0 Å². The highest BCUT2D eigenvalue weighted by Gasteiger charge is 2.20. The summed E-state index contributed by atoms with van der Waals surface area (Å²) in [5, 5.41) is 9.76. The normalized spacial score (nSPS) is 12.1. The maximum absolute atomic E-state index is 12.5. The molecule has 1 heterocycles. The molecule has 0 unspecified atom stereocenters. The lowest BCUT2D eigenvalue weighted by Gasteiger charge is -2.24. The summed E-state index contributed by atoms with van der Waals surface area (Å²) >= 11 is 12.8. The number of hydrogen-bond donors (Lipinski definition) is 1. The average Bonchev–Trinajstić information content (AvgIpc) is 2.93. The maximum Gasteiger partial charge on any atom is 0.264 e. The second kappa shape index (κ2) is 7.80. The van der Waals surface area contributed by atoms with Crippen LogP contribution in [0.4, 0.5) is 0 Å². The first-order chi connectivity index (χ1) is 10.1. The lowest BCUT2D eigenvalue weighted by atomic mass is 10.2. The fourth-order valence-electron chi connectivity index (χ4n) is 1.91. The molecule has 0 radical (unpaired) electrons. The molecule has 0 spiro atoms. The molecule has 21 heavy (non-hydrogen) atoms. The van der Waals surface area contributed by atoms with Crippen molar-refractivity contribution < 1.29 is 9.90 Å². The largest absolute Gasteiger partial charge is 0.390 e. The third-order valence-electron chi connectivity index (χ3n) is 2.90. The Kier molecular flexibility index (Phi) is 6.06. The summed E-state index contributed by atoms with van der Waals surface area (Å²) in [5.74, 6) is -0.0658. The van der Waals surface area contributed by atoms with Gasteiger partial charge in [-0.05, 0) is 17.7 Å². The van der Waals surface area contributed by atoms with Crippen molar-refractivity contribution in [2.24, 2.45) is 0 Å². The topological polar surface area (TPSA) is 40.5 Å². The molecule has 0 aliphatic heterocycles. The van der Waals surface area contributed by atoms with Gasteiger partial charge >= 0.3 is 0 Å². The Morgan fingerprint density at radius 1 is 1.24 bits per heavy atom. The number of nitrogens with zero attached hydrogens (tertiary/aromatic N) is 1. The Balaban J connectivity index is 2.17. The number of rotatable bonds is 6. The van der Waals surface area contributed by atoms with Crippen LogP contribution in [0.3, 0.4) is 0 Å². The Morgan fingerprint density at radius 2 is 1.95 bits per heavy atom. The highest BCUT2D eigenvalue weighted by Crippen LogP contribution is 2.23. The van der Waals surface area contributed by atoms with Crippen molar-refractivity contribution >= 4 is 40.4 Å². The van der Waals surface area contributed by atoms with Crippen molar-refractivity contribution in [2.45, 2.75) is 12.6 Å². The van der Waals surface area contributed by atoms with Crippen molar-refractivity contribution in [3.05, 3.63) is 57.2 Å². The highest BCUT2D eigenvalue weighted by molar-refractivity contribution is 7.17. The van der Waals surface area contributed by atoms with Crippen molar-refractivity contribution in [1.29, 1.82) is 0 Å². The van der Waals surface area contributed by atoms with Gasteiger partial charge in [0.05, 0.1) is 21.2 Å². The summed E-state index contributed by atoms with van der Waals surface area (Å²) in [6.07, 6.45) is -0.755. The number of alkyl halides is 1. The van der Waals surface area contributed by atoms with Gasteiger partial charge in [0, 0.05) is 13.1 Å². The van der Waals surface area contributed by atoms with E-state index in [9.17, 15) is 9.90 Å². The van der Waals surface area contributed by atoms with Crippen LogP contribution in [-0.4, -0.2) is 34.4 Å². The number of aliphatic hydroxyl groups excluding tert-OH is 1. The van der Waals surface area contributed by atoms with Gasteiger partial charge in [-0.3, -0.25) is 4.79 Å². The Hall–Kier alpha value is -1.07. The Labute approximate surface area is 137 Å². The second-order valence-corrected chi connectivity index (χ2v) is 6.61. The number of carbonyl (C=O) groups is 1. The zero-order valence-corrected chi connectivity index (χ0v) is 13.5. The number of halogens is 2. The van der Waals surface area contributed by atoms with E-state index >= 15 is 0 Å². The summed E-state index contributed by atoms with van der Waals surface area (Å²) < 4.78 is 0.566. The van der Waals surface area contributed by atoms with Crippen LogP contribution in [0.15, 0.2) is 42.5 Å². The van der Waals surface area contributed by atoms with E-state index < -0.39 is 6.10 Å². The first-order valence-electron chi connectivity index (χ1n) is 6.42. The molecule has 0 aliphatic carbocycles. The van der Waals surface area contributed by atoms with E-state index in [0.717, 1.165) is 5.56 Å². The van der Waals surface area contributed by atoms with E-state index in [0.29, 0.717) is 15.8 Å². The van der Waals surface area contributed by atoms with Crippen LogP contribution in [0.2, 0.25) is 4.34 Å². The number of hydrogen-bond acceptors (Lipinski definition) is 3. The molecule has 1 atom stereocenters. The van der Waals surface area contributed by atoms with Crippen LogP contribution >= 0.6 is 34.5 Å². The smallest absolute Gasteiger partial charge is 0.264 e. The molecular formula is C15H15Cl2NO2S. The molecule has 2 rings (SSSR count). The van der Waals surface area contributed by atoms with Crippen LogP contribution in [-0.2, 0) is 6.54 Å². The van der Waals surface area contributed by atoms with Crippen molar-refractivity contribution in [3.8, 4) is 0 Å². The molecule has 1 aromatic carbocycles. The Bertz CT molecular complexity index is 588. The van der Waals surface area contributed by atoms with E-state index in [1.165, 1.54) is 11.3 Å². The fourth-order valence-corrected chi connectivity index (χ4v) is 3.02. The van der Waals surface area contributed by atoms with Crippen LogP contribution in [0.1, 0.15) is 15.2 Å². The van der Waals surface area contributed by atoms with Crippen LogP contribution in [0.25, 0.3) is 0 Å². The number of benzene rings is 1. The van der Waals surface area contributed by atoms with Gasteiger partial charge in [0.25, 0.3) is 5.91 Å². The maximum atomic E-state index is 12.5. The summed E-state index contributed by atoms with van der Waals surface area (Å²) in [6, 6.07) is 13.0. The lowest BCUT2D eigenvalue weighted by Crippen LogP contribution is -2.37. The molecule has 1 N–H and O–H groups in total.